The Morgan fingerprint density at radius 3 is 2.74 bits per heavy atom. The first-order valence-corrected chi connectivity index (χ1v) is 7.39. The van der Waals surface area contributed by atoms with Gasteiger partial charge in [-0.1, -0.05) is 25.1 Å². The predicted octanol–water partition coefficient (Wildman–Crippen LogP) is 3.03. The molecule has 5 heteroatoms. The summed E-state index contributed by atoms with van der Waals surface area (Å²) in [5.41, 5.74) is 5.84. The van der Waals surface area contributed by atoms with Gasteiger partial charge in [-0.25, -0.2) is 4.79 Å². The summed E-state index contributed by atoms with van der Waals surface area (Å²) >= 11 is 2.31. The Morgan fingerprint density at radius 2 is 2.21 bits per heavy atom. The van der Waals surface area contributed by atoms with Gasteiger partial charge in [0.05, 0.1) is 5.60 Å². The SMILES string of the molecule is CCC(OC)(c1ccccc1I)[C@H]1C[C@@H]1OC(N)=O. The molecule has 3 atom stereocenters. The minimum Gasteiger partial charge on any atom is -0.446 e. The van der Waals surface area contributed by atoms with Gasteiger partial charge in [0.25, 0.3) is 0 Å². The maximum Gasteiger partial charge on any atom is 0.404 e. The number of nitrogens with two attached hydrogens (primary N) is 1. The number of benzene rings is 1. The van der Waals surface area contributed by atoms with Crippen LogP contribution in [-0.2, 0) is 15.1 Å². The predicted molar refractivity (Wildman–Crippen MR) is 80.7 cm³/mol. The van der Waals surface area contributed by atoms with Gasteiger partial charge >= 0.3 is 6.09 Å². The number of ether oxygens (including phenoxy) is 2. The highest BCUT2D eigenvalue weighted by molar-refractivity contribution is 14.1. The van der Waals surface area contributed by atoms with Crippen LogP contribution in [0.1, 0.15) is 25.3 Å². The lowest BCUT2D eigenvalue weighted by Crippen LogP contribution is -2.33. The summed E-state index contributed by atoms with van der Waals surface area (Å²) in [6, 6.07) is 8.15. The van der Waals surface area contributed by atoms with Gasteiger partial charge in [-0.05, 0) is 47.1 Å². The minimum atomic E-state index is -0.712. The fourth-order valence-corrected chi connectivity index (χ4v) is 3.65. The first kappa shape index (κ1) is 14.6. The normalized spacial score (nSPS) is 24.6. The summed E-state index contributed by atoms with van der Waals surface area (Å²) in [5.74, 6) is 0.172. The third-order valence-corrected chi connectivity index (χ3v) is 4.76. The fourth-order valence-electron chi connectivity index (χ4n) is 2.80. The lowest BCUT2D eigenvalue weighted by Gasteiger charge is -2.33. The van der Waals surface area contributed by atoms with Crippen LogP contribution in [0.15, 0.2) is 24.3 Å². The van der Waals surface area contributed by atoms with E-state index in [1.807, 2.05) is 12.1 Å². The fraction of sp³-hybridized carbons (Fsp3) is 0.500. The van der Waals surface area contributed by atoms with E-state index in [4.69, 9.17) is 15.2 Å². The monoisotopic (exact) mass is 375 g/mol. The molecule has 19 heavy (non-hydrogen) atoms. The summed E-state index contributed by atoms with van der Waals surface area (Å²) < 4.78 is 12.1. The molecule has 4 nitrogen and oxygen atoms in total. The lowest BCUT2D eigenvalue weighted by atomic mass is 9.86. The van der Waals surface area contributed by atoms with Crippen LogP contribution in [0, 0.1) is 9.49 Å². The number of rotatable bonds is 5. The molecule has 0 radical (unpaired) electrons. The largest absolute Gasteiger partial charge is 0.446 e. The summed E-state index contributed by atoms with van der Waals surface area (Å²) in [6.45, 7) is 2.09. The van der Waals surface area contributed by atoms with Crippen molar-refractivity contribution in [3.63, 3.8) is 0 Å². The van der Waals surface area contributed by atoms with E-state index >= 15 is 0 Å². The number of primary amides is 1. The second kappa shape index (κ2) is 5.66. The molecule has 104 valence electrons. The van der Waals surface area contributed by atoms with Crippen LogP contribution in [0.25, 0.3) is 0 Å². The molecular weight excluding hydrogens is 357 g/mol. The lowest BCUT2D eigenvalue weighted by molar-refractivity contribution is -0.0495. The van der Waals surface area contributed by atoms with Crippen molar-refractivity contribution in [2.45, 2.75) is 31.5 Å². The van der Waals surface area contributed by atoms with E-state index in [1.165, 1.54) is 0 Å². The average Bonchev–Trinajstić information content (AvgIpc) is 3.12. The molecule has 1 aromatic rings. The van der Waals surface area contributed by atoms with Gasteiger partial charge in [-0.3, -0.25) is 0 Å². The van der Waals surface area contributed by atoms with Crippen LogP contribution in [-0.4, -0.2) is 19.3 Å². The molecular formula is C14H18INO3. The van der Waals surface area contributed by atoms with Gasteiger partial charge in [-0.15, -0.1) is 0 Å². The standard InChI is InChI=1S/C14H18INO3/c1-3-14(18-2,9-6-4-5-7-11(9)15)10-8-12(10)19-13(16)17/h4-7,10,12H,3,8H2,1-2H3,(H2,16,17)/t10-,12-,14?/m0/s1. The number of hydrogen-bond acceptors (Lipinski definition) is 3. The van der Waals surface area contributed by atoms with E-state index in [2.05, 4.69) is 41.6 Å². The summed E-state index contributed by atoms with van der Waals surface area (Å²) in [4.78, 5) is 10.9. The molecule has 1 aliphatic carbocycles. The maximum absolute atomic E-state index is 10.9. The Bertz CT molecular complexity index is 474. The molecule has 1 aliphatic rings. The van der Waals surface area contributed by atoms with Crippen molar-refractivity contribution in [2.75, 3.05) is 7.11 Å². The van der Waals surface area contributed by atoms with Crippen LogP contribution >= 0.6 is 22.6 Å². The third kappa shape index (κ3) is 2.72. The Morgan fingerprint density at radius 1 is 1.53 bits per heavy atom. The van der Waals surface area contributed by atoms with E-state index in [9.17, 15) is 4.79 Å². The zero-order chi connectivity index (χ0) is 14.0. The van der Waals surface area contributed by atoms with Crippen molar-refractivity contribution in [1.82, 2.24) is 0 Å². The Hall–Kier alpha value is -0.820. The van der Waals surface area contributed by atoms with Crippen LogP contribution in [0.2, 0.25) is 0 Å². The van der Waals surface area contributed by atoms with Gasteiger partial charge in [0.15, 0.2) is 0 Å². The Balaban J connectivity index is 2.30. The van der Waals surface area contributed by atoms with Gasteiger partial charge < -0.3 is 15.2 Å². The minimum absolute atomic E-state index is 0.131. The maximum atomic E-state index is 10.9. The van der Waals surface area contributed by atoms with E-state index in [0.29, 0.717) is 0 Å². The number of carbonyl (C=O) groups excluding carboxylic acids is 1. The van der Waals surface area contributed by atoms with Gasteiger partial charge in [0.1, 0.15) is 6.10 Å². The molecule has 2 N–H and O–H groups in total. The molecule has 2 rings (SSSR count). The van der Waals surface area contributed by atoms with Crippen molar-refractivity contribution < 1.29 is 14.3 Å². The van der Waals surface area contributed by atoms with E-state index in [-0.39, 0.29) is 12.0 Å². The molecule has 0 aromatic heterocycles. The number of amides is 1. The third-order valence-electron chi connectivity index (χ3n) is 3.82. The van der Waals surface area contributed by atoms with Gasteiger partial charge in [-0.2, -0.15) is 0 Å². The molecule has 0 aliphatic heterocycles. The molecule has 0 heterocycles. The number of hydrogen-bond donors (Lipinski definition) is 1. The van der Waals surface area contributed by atoms with Crippen LogP contribution in [0.3, 0.4) is 0 Å². The molecule has 0 bridgehead atoms. The van der Waals surface area contributed by atoms with Gasteiger partial charge in [0.2, 0.25) is 0 Å². The van der Waals surface area contributed by atoms with Crippen molar-refractivity contribution >= 4 is 28.7 Å². The van der Waals surface area contributed by atoms with E-state index < -0.39 is 11.7 Å². The molecule has 1 amide bonds. The smallest absolute Gasteiger partial charge is 0.404 e. The van der Waals surface area contributed by atoms with E-state index in [1.54, 1.807) is 7.11 Å². The van der Waals surface area contributed by atoms with Gasteiger partial charge in [0, 0.05) is 16.6 Å². The summed E-state index contributed by atoms with van der Waals surface area (Å²) in [7, 11) is 1.71. The highest BCUT2D eigenvalue weighted by Crippen LogP contribution is 2.52. The first-order chi connectivity index (χ1) is 9.05. The quantitative estimate of drug-likeness (QED) is 0.805. The number of halogens is 1. The van der Waals surface area contributed by atoms with Crippen LogP contribution in [0.4, 0.5) is 4.79 Å². The number of methoxy groups -OCH3 is 1. The number of carbonyl (C=O) groups is 1. The summed E-state index contributed by atoms with van der Waals surface area (Å²) in [5, 5.41) is 0. The Labute approximate surface area is 126 Å². The zero-order valence-electron chi connectivity index (χ0n) is 11.1. The average molecular weight is 375 g/mol. The zero-order valence-corrected chi connectivity index (χ0v) is 13.2. The molecule has 1 aromatic carbocycles. The molecule has 0 saturated heterocycles. The van der Waals surface area contributed by atoms with Crippen LogP contribution in [0.5, 0.6) is 0 Å². The highest BCUT2D eigenvalue weighted by atomic mass is 127. The summed E-state index contributed by atoms with van der Waals surface area (Å²) in [6.07, 6.45) is 0.785. The molecule has 1 saturated carbocycles. The molecule has 1 unspecified atom stereocenters. The molecule has 0 spiro atoms. The highest BCUT2D eigenvalue weighted by Gasteiger charge is 2.56. The van der Waals surface area contributed by atoms with Crippen molar-refractivity contribution in [2.24, 2.45) is 11.7 Å². The second-order valence-corrected chi connectivity index (χ2v) is 5.91. The van der Waals surface area contributed by atoms with Crippen molar-refractivity contribution in [1.29, 1.82) is 0 Å². The van der Waals surface area contributed by atoms with E-state index in [0.717, 1.165) is 22.0 Å². The molecule has 1 fully saturated rings. The first-order valence-electron chi connectivity index (χ1n) is 6.31. The van der Waals surface area contributed by atoms with Crippen molar-refractivity contribution in [3.8, 4) is 0 Å². The second-order valence-electron chi connectivity index (χ2n) is 4.74. The Kier molecular flexibility index (Phi) is 4.35. The van der Waals surface area contributed by atoms with Crippen LogP contribution < -0.4 is 5.73 Å². The van der Waals surface area contributed by atoms with Crippen molar-refractivity contribution in [3.05, 3.63) is 33.4 Å². The topological polar surface area (TPSA) is 61.6 Å².